The summed E-state index contributed by atoms with van der Waals surface area (Å²) in [6, 6.07) is 8.33. The van der Waals surface area contributed by atoms with Crippen LogP contribution in [-0.2, 0) is 16.1 Å². The third-order valence-electron chi connectivity index (χ3n) is 4.66. The van der Waals surface area contributed by atoms with Crippen molar-refractivity contribution in [1.82, 2.24) is 4.90 Å². The van der Waals surface area contributed by atoms with Gasteiger partial charge in [-0.1, -0.05) is 36.4 Å². The van der Waals surface area contributed by atoms with E-state index < -0.39 is 5.97 Å². The zero-order valence-electron chi connectivity index (χ0n) is 14.9. The molecule has 1 unspecified atom stereocenters. The van der Waals surface area contributed by atoms with Crippen molar-refractivity contribution in [2.75, 3.05) is 20.6 Å². The van der Waals surface area contributed by atoms with Crippen LogP contribution >= 0.6 is 0 Å². The summed E-state index contributed by atoms with van der Waals surface area (Å²) >= 11 is 0. The maximum absolute atomic E-state index is 11.1. The Balaban J connectivity index is 1.97. The highest BCUT2D eigenvalue weighted by Gasteiger charge is 2.26. The minimum absolute atomic E-state index is 0.0161. The first kappa shape index (κ1) is 17.5. The number of fused-ring (bicyclic) bond motifs is 1. The fourth-order valence-corrected chi connectivity index (χ4v) is 3.42. The highest BCUT2D eigenvalue weighted by Crippen LogP contribution is 2.40. The zero-order valence-corrected chi connectivity index (χ0v) is 14.9. The molecule has 132 valence electrons. The Bertz CT molecular complexity index is 743. The maximum Gasteiger partial charge on any atom is 0.303 e. The maximum atomic E-state index is 11.1. The van der Waals surface area contributed by atoms with Crippen LogP contribution < -0.4 is 0 Å². The smallest absolute Gasteiger partial charge is 0.303 e. The molecule has 0 radical (unpaired) electrons. The van der Waals surface area contributed by atoms with Gasteiger partial charge in [0.2, 0.25) is 0 Å². The van der Waals surface area contributed by atoms with E-state index in [4.69, 9.17) is 9.84 Å². The van der Waals surface area contributed by atoms with Gasteiger partial charge in [0.15, 0.2) is 0 Å². The second kappa shape index (κ2) is 7.70. The summed E-state index contributed by atoms with van der Waals surface area (Å²) < 4.78 is 6.04. The lowest BCUT2D eigenvalue weighted by atomic mass is 9.83. The van der Waals surface area contributed by atoms with Crippen molar-refractivity contribution < 1.29 is 14.6 Å². The SMILES string of the molecule is CN(C)CC/C=C1\C2=C(C=CC(CC(=O)O)C2)OCc2ccccc21. The largest absolute Gasteiger partial charge is 0.489 e. The molecule has 0 spiro atoms. The van der Waals surface area contributed by atoms with Crippen LogP contribution in [0.5, 0.6) is 0 Å². The van der Waals surface area contributed by atoms with Crippen molar-refractivity contribution in [3.05, 3.63) is 65.0 Å². The number of rotatable bonds is 5. The van der Waals surface area contributed by atoms with Gasteiger partial charge in [-0.15, -0.1) is 0 Å². The predicted octanol–water partition coefficient (Wildman–Crippen LogP) is 3.86. The number of aliphatic carboxylic acids is 1. The number of hydrogen-bond donors (Lipinski definition) is 1. The summed E-state index contributed by atoms with van der Waals surface area (Å²) in [6.45, 7) is 1.53. The molecule has 1 atom stereocenters. The first-order valence-corrected chi connectivity index (χ1v) is 8.74. The Morgan fingerprint density at radius 1 is 1.36 bits per heavy atom. The number of allylic oxidation sites excluding steroid dienone is 4. The number of benzene rings is 1. The number of carboxylic acids is 1. The molecule has 1 heterocycles. The summed E-state index contributed by atoms with van der Waals surface area (Å²) in [7, 11) is 4.14. The van der Waals surface area contributed by atoms with Crippen LogP contribution in [0, 0.1) is 5.92 Å². The van der Waals surface area contributed by atoms with Crippen molar-refractivity contribution in [3.63, 3.8) is 0 Å². The van der Waals surface area contributed by atoms with Gasteiger partial charge in [-0.25, -0.2) is 0 Å². The summed E-state index contributed by atoms with van der Waals surface area (Å²) in [5.74, 6) is 0.142. The van der Waals surface area contributed by atoms with Gasteiger partial charge in [-0.05, 0) is 55.6 Å². The number of hydrogen-bond acceptors (Lipinski definition) is 3. The molecular weight excluding hydrogens is 314 g/mol. The highest BCUT2D eigenvalue weighted by atomic mass is 16.5. The van der Waals surface area contributed by atoms with E-state index in [9.17, 15) is 4.79 Å². The van der Waals surface area contributed by atoms with E-state index >= 15 is 0 Å². The van der Waals surface area contributed by atoms with Gasteiger partial charge in [-0.3, -0.25) is 4.79 Å². The topological polar surface area (TPSA) is 49.8 Å². The molecule has 25 heavy (non-hydrogen) atoms. The molecule has 1 aliphatic heterocycles. The third-order valence-corrected chi connectivity index (χ3v) is 4.66. The van der Waals surface area contributed by atoms with Crippen molar-refractivity contribution >= 4 is 11.5 Å². The lowest BCUT2D eigenvalue weighted by molar-refractivity contribution is -0.137. The van der Waals surface area contributed by atoms with Gasteiger partial charge in [0.1, 0.15) is 12.4 Å². The lowest BCUT2D eigenvalue weighted by Crippen LogP contribution is -2.13. The van der Waals surface area contributed by atoms with Gasteiger partial charge < -0.3 is 14.7 Å². The fraction of sp³-hybridized carbons (Fsp3) is 0.381. The van der Waals surface area contributed by atoms with Crippen LogP contribution in [0.1, 0.15) is 30.4 Å². The van der Waals surface area contributed by atoms with E-state index in [1.165, 1.54) is 16.7 Å². The lowest BCUT2D eigenvalue weighted by Gasteiger charge is -2.22. The third kappa shape index (κ3) is 4.20. The van der Waals surface area contributed by atoms with Crippen molar-refractivity contribution in [2.45, 2.75) is 25.9 Å². The normalized spacial score (nSPS) is 20.9. The van der Waals surface area contributed by atoms with Crippen LogP contribution in [0.3, 0.4) is 0 Å². The standard InChI is InChI=1S/C21H25NO3/c1-22(2)11-5-8-18-17-7-4-3-6-16(17)14-25-20-10-9-15(12-19(18)20)13-21(23)24/h3-4,6-10,15H,5,11-14H2,1-2H3,(H,23,24)/b18-8-. The van der Waals surface area contributed by atoms with Gasteiger partial charge in [-0.2, -0.15) is 0 Å². The van der Waals surface area contributed by atoms with Gasteiger partial charge in [0.25, 0.3) is 0 Å². The summed E-state index contributed by atoms with van der Waals surface area (Å²) in [5.41, 5.74) is 4.72. The van der Waals surface area contributed by atoms with Crippen molar-refractivity contribution in [3.8, 4) is 0 Å². The Morgan fingerprint density at radius 3 is 2.92 bits per heavy atom. The Hall–Kier alpha value is -2.33. The minimum Gasteiger partial charge on any atom is -0.489 e. The minimum atomic E-state index is -0.758. The Labute approximate surface area is 149 Å². The van der Waals surface area contributed by atoms with E-state index in [1.54, 1.807) is 0 Å². The van der Waals surface area contributed by atoms with E-state index in [2.05, 4.69) is 43.3 Å². The molecule has 2 aliphatic rings. The quantitative estimate of drug-likeness (QED) is 0.885. The summed E-state index contributed by atoms with van der Waals surface area (Å²) in [5, 5.41) is 9.14. The van der Waals surface area contributed by atoms with E-state index in [1.807, 2.05) is 18.2 Å². The summed E-state index contributed by atoms with van der Waals surface area (Å²) in [6.07, 6.45) is 8.01. The second-order valence-corrected chi connectivity index (χ2v) is 6.92. The molecule has 4 nitrogen and oxygen atoms in total. The predicted molar refractivity (Wildman–Crippen MR) is 98.9 cm³/mol. The van der Waals surface area contributed by atoms with E-state index in [0.29, 0.717) is 13.0 Å². The zero-order chi connectivity index (χ0) is 17.8. The number of carbonyl (C=O) groups is 1. The monoisotopic (exact) mass is 339 g/mol. The van der Waals surface area contributed by atoms with Gasteiger partial charge >= 0.3 is 5.97 Å². The van der Waals surface area contributed by atoms with Crippen LogP contribution in [0.15, 0.2) is 53.8 Å². The first-order valence-electron chi connectivity index (χ1n) is 8.74. The molecular formula is C21H25NO3. The molecule has 0 fully saturated rings. The molecule has 0 amide bonds. The highest BCUT2D eigenvalue weighted by molar-refractivity contribution is 5.83. The van der Waals surface area contributed by atoms with Crippen molar-refractivity contribution in [2.24, 2.45) is 5.92 Å². The van der Waals surface area contributed by atoms with E-state index in [-0.39, 0.29) is 12.3 Å². The molecule has 1 N–H and O–H groups in total. The molecule has 1 aromatic rings. The molecule has 4 heteroatoms. The van der Waals surface area contributed by atoms with Crippen LogP contribution in [0.25, 0.3) is 5.57 Å². The fourth-order valence-electron chi connectivity index (χ4n) is 3.42. The van der Waals surface area contributed by atoms with Gasteiger partial charge in [0, 0.05) is 12.1 Å². The second-order valence-electron chi connectivity index (χ2n) is 6.92. The molecule has 0 saturated heterocycles. The number of carboxylic acid groups (broad SMARTS) is 1. The Kier molecular flexibility index (Phi) is 5.39. The molecule has 0 aromatic heterocycles. The molecule has 1 aromatic carbocycles. The van der Waals surface area contributed by atoms with E-state index in [0.717, 1.165) is 24.3 Å². The van der Waals surface area contributed by atoms with Crippen LogP contribution in [-0.4, -0.2) is 36.6 Å². The number of nitrogens with zero attached hydrogens (tertiary/aromatic N) is 1. The molecule has 0 bridgehead atoms. The molecule has 0 saturated carbocycles. The Morgan fingerprint density at radius 2 is 2.16 bits per heavy atom. The van der Waals surface area contributed by atoms with Crippen LogP contribution in [0.4, 0.5) is 0 Å². The molecule has 3 rings (SSSR count). The average Bonchev–Trinajstić information content (AvgIpc) is 2.72. The van der Waals surface area contributed by atoms with Crippen LogP contribution in [0.2, 0.25) is 0 Å². The first-order chi connectivity index (χ1) is 12.0. The average molecular weight is 339 g/mol. The number of ether oxygens (including phenoxy) is 1. The van der Waals surface area contributed by atoms with Gasteiger partial charge in [0.05, 0.1) is 6.42 Å². The molecule has 1 aliphatic carbocycles. The van der Waals surface area contributed by atoms with Crippen molar-refractivity contribution in [1.29, 1.82) is 0 Å². The summed E-state index contributed by atoms with van der Waals surface area (Å²) in [4.78, 5) is 13.3.